The predicted octanol–water partition coefficient (Wildman–Crippen LogP) is 0.0867. The van der Waals surface area contributed by atoms with E-state index in [2.05, 4.69) is 6.92 Å². The van der Waals surface area contributed by atoms with Crippen molar-refractivity contribution in [1.82, 2.24) is 0 Å². The fraction of sp³-hybridized carbons (Fsp3) is 0.400. The summed E-state index contributed by atoms with van der Waals surface area (Å²) in [6.45, 7) is 6.11. The van der Waals surface area contributed by atoms with Crippen molar-refractivity contribution in [2.75, 3.05) is 0 Å². The molecule has 0 saturated heterocycles. The average molecular weight is 92.9 g/mol. The van der Waals surface area contributed by atoms with Gasteiger partial charge in [-0.15, -0.1) is 0 Å². The van der Waals surface area contributed by atoms with Gasteiger partial charge < -0.3 is 0 Å². The Morgan fingerprint density at radius 1 is 1.43 bits per heavy atom. The Bertz CT molecular complexity index is 155. The van der Waals surface area contributed by atoms with E-state index < -0.39 is 0 Å². The zero-order valence-electron chi connectivity index (χ0n) is 4.65. The molecule has 0 aromatic carbocycles. The van der Waals surface area contributed by atoms with E-state index in [0.29, 0.717) is 0 Å². The molecule has 0 atom stereocenters. The van der Waals surface area contributed by atoms with Crippen LogP contribution < -0.4 is 5.73 Å². The van der Waals surface area contributed by atoms with E-state index in [1.165, 1.54) is 10.9 Å². The van der Waals surface area contributed by atoms with Crippen molar-refractivity contribution in [3.63, 3.8) is 0 Å². The summed E-state index contributed by atoms with van der Waals surface area (Å²) >= 11 is 0. The summed E-state index contributed by atoms with van der Waals surface area (Å²) in [6, 6.07) is 0. The van der Waals surface area contributed by atoms with Crippen molar-refractivity contribution < 1.29 is 0 Å². The molecule has 0 spiro atoms. The molecule has 1 nitrogen and oxygen atoms in total. The summed E-state index contributed by atoms with van der Waals surface area (Å²) in [5.74, 6) is 0. The second-order valence-corrected chi connectivity index (χ2v) is 1.92. The first-order valence-corrected chi connectivity index (χ1v) is 2.37. The van der Waals surface area contributed by atoms with Gasteiger partial charge in [0.1, 0.15) is 0 Å². The van der Waals surface area contributed by atoms with Crippen LogP contribution in [0.5, 0.6) is 0 Å². The molecule has 0 amide bonds. The zero-order valence-corrected chi connectivity index (χ0v) is 4.65. The molecule has 0 unspecified atom stereocenters. The molecule has 0 bridgehead atoms. The van der Waals surface area contributed by atoms with E-state index in [9.17, 15) is 0 Å². The van der Waals surface area contributed by atoms with E-state index in [-0.39, 0.29) is 0 Å². The minimum absolute atomic E-state index is 0.972. The predicted molar refractivity (Wildman–Crippen MR) is 33.3 cm³/mol. The Balaban J connectivity index is 2.73. The molecule has 1 aliphatic rings. The molecule has 7 heavy (non-hydrogen) atoms. The summed E-state index contributed by atoms with van der Waals surface area (Å²) in [5.41, 5.74) is 8.89. The van der Waals surface area contributed by atoms with Crippen LogP contribution in [0.1, 0.15) is 13.8 Å². The van der Waals surface area contributed by atoms with E-state index in [1.807, 2.05) is 13.8 Å². The first kappa shape index (κ1) is 4.63. The number of nitrogens with two attached hydrogens (primary N) is 1. The minimum atomic E-state index is 0.972. The molecule has 0 fully saturated rings. The summed E-state index contributed by atoms with van der Waals surface area (Å²) < 4.78 is 0. The van der Waals surface area contributed by atoms with E-state index in [1.54, 1.807) is 0 Å². The third-order valence-corrected chi connectivity index (χ3v) is 1.28. The van der Waals surface area contributed by atoms with Gasteiger partial charge in [0, 0.05) is 0 Å². The van der Waals surface area contributed by atoms with Gasteiger partial charge in [-0.1, -0.05) is 0 Å². The van der Waals surface area contributed by atoms with Gasteiger partial charge in [-0.2, -0.15) is 0 Å². The average Bonchev–Trinajstić information content (AvgIpc) is 1.68. The number of allylic oxidation sites excluding steroid dienone is 2. The van der Waals surface area contributed by atoms with Crippen LogP contribution >= 0.6 is 0 Å². The van der Waals surface area contributed by atoms with Gasteiger partial charge in [0.15, 0.2) is 0 Å². The van der Waals surface area contributed by atoms with E-state index in [4.69, 9.17) is 5.73 Å². The van der Waals surface area contributed by atoms with Crippen LogP contribution in [0.3, 0.4) is 0 Å². The van der Waals surface area contributed by atoms with Gasteiger partial charge in [0.05, 0.1) is 0 Å². The molecule has 1 heterocycles. The van der Waals surface area contributed by atoms with Crippen molar-refractivity contribution in [3.05, 3.63) is 11.2 Å². The molecule has 2 N–H and O–H groups in total. The topological polar surface area (TPSA) is 26.0 Å². The molecule has 0 aromatic rings. The first-order chi connectivity index (χ1) is 3.22. The van der Waals surface area contributed by atoms with Crippen LogP contribution in [0, 0.1) is 0 Å². The van der Waals surface area contributed by atoms with Crippen LogP contribution in [-0.4, -0.2) is 12.4 Å². The fourth-order valence-electron chi connectivity index (χ4n) is 0.714. The van der Waals surface area contributed by atoms with Gasteiger partial charge in [-0.05, 0) is 0 Å². The standard InChI is InChI=1S/C5H8BN/c1-3-5(7)4(2)6-3/h7H2,1-2H3. The van der Waals surface area contributed by atoms with Crippen LogP contribution in [0.25, 0.3) is 0 Å². The molecule has 0 aromatic heterocycles. The van der Waals surface area contributed by atoms with Gasteiger partial charge in [0.25, 0.3) is 0 Å². The monoisotopic (exact) mass is 93.1 g/mol. The number of hydrogen-bond acceptors (Lipinski definition) is 1. The summed E-state index contributed by atoms with van der Waals surface area (Å²) in [4.78, 5) is 0. The molecule has 1 rings (SSSR count). The quantitative estimate of drug-likeness (QED) is 0.422. The zero-order chi connectivity index (χ0) is 5.44. The number of hydrogen-bond donors (Lipinski definition) is 1. The summed E-state index contributed by atoms with van der Waals surface area (Å²) in [5, 5.41) is 0. The van der Waals surface area contributed by atoms with Gasteiger partial charge in [0.2, 0.25) is 0 Å². The molecular formula is C5H8BN. The fourth-order valence-corrected chi connectivity index (χ4v) is 0.714. The van der Waals surface area contributed by atoms with Crippen molar-refractivity contribution in [2.24, 2.45) is 5.73 Å². The van der Waals surface area contributed by atoms with E-state index >= 15 is 0 Å². The molecule has 0 radical (unpaired) electrons. The Kier molecular flexibility index (Phi) is 0.808. The molecular weight excluding hydrogens is 84.9 g/mol. The van der Waals surface area contributed by atoms with Crippen LogP contribution in [0.2, 0.25) is 0 Å². The third kappa shape index (κ3) is 0.502. The summed E-state index contributed by atoms with van der Waals surface area (Å²) in [6.07, 6.45) is 0. The van der Waals surface area contributed by atoms with Crippen molar-refractivity contribution in [1.29, 1.82) is 0 Å². The van der Waals surface area contributed by atoms with Gasteiger partial charge in [-0.3, -0.25) is 0 Å². The van der Waals surface area contributed by atoms with Crippen LogP contribution in [-0.2, 0) is 0 Å². The normalized spacial score (nSPS) is 17.7. The SMILES string of the molecule is CC1=BC(C)=C1N. The van der Waals surface area contributed by atoms with Crippen molar-refractivity contribution >= 4 is 12.4 Å². The van der Waals surface area contributed by atoms with Crippen LogP contribution in [0.15, 0.2) is 11.2 Å². The first-order valence-electron chi connectivity index (χ1n) is 2.37. The molecule has 2 heteroatoms. The third-order valence-electron chi connectivity index (χ3n) is 1.28. The van der Waals surface area contributed by atoms with Gasteiger partial charge >= 0.3 is 43.1 Å². The molecule has 0 aliphatic carbocycles. The number of rotatable bonds is 0. The molecule has 1 aliphatic heterocycles. The van der Waals surface area contributed by atoms with E-state index in [0.717, 1.165) is 5.70 Å². The Hall–Kier alpha value is -0.525. The maximum absolute atomic E-state index is 5.48. The van der Waals surface area contributed by atoms with Crippen LogP contribution in [0.4, 0.5) is 0 Å². The second-order valence-electron chi connectivity index (χ2n) is 1.92. The Labute approximate surface area is 44.1 Å². The van der Waals surface area contributed by atoms with Crippen molar-refractivity contribution in [2.45, 2.75) is 13.8 Å². The van der Waals surface area contributed by atoms with Gasteiger partial charge in [-0.25, -0.2) is 0 Å². The Morgan fingerprint density at radius 3 is 2.00 bits per heavy atom. The maximum atomic E-state index is 5.48. The molecule has 36 valence electrons. The Morgan fingerprint density at radius 2 is 2.00 bits per heavy atom. The molecule has 0 saturated carbocycles. The van der Waals surface area contributed by atoms with Crippen molar-refractivity contribution in [3.8, 4) is 0 Å². The summed E-state index contributed by atoms with van der Waals surface area (Å²) in [7, 11) is 0. The second kappa shape index (κ2) is 1.22.